The van der Waals surface area contributed by atoms with Gasteiger partial charge in [0.1, 0.15) is 12.1 Å². The van der Waals surface area contributed by atoms with Crippen LogP contribution in [0.4, 0.5) is 10.5 Å². The highest BCUT2D eigenvalue weighted by Gasteiger charge is 2.49. The Balaban J connectivity index is 1.77. The minimum Gasteiger partial charge on any atom is -0.323 e. The van der Waals surface area contributed by atoms with Crippen LogP contribution < -0.4 is 10.6 Å². The van der Waals surface area contributed by atoms with Gasteiger partial charge in [0.2, 0.25) is 5.91 Å². The molecule has 1 heterocycles. The van der Waals surface area contributed by atoms with E-state index in [0.29, 0.717) is 5.56 Å². The van der Waals surface area contributed by atoms with E-state index in [-0.39, 0.29) is 26.2 Å². The van der Waals surface area contributed by atoms with Crippen molar-refractivity contribution in [2.45, 2.75) is 38.6 Å². The Kier molecular flexibility index (Phi) is 6.29. The van der Waals surface area contributed by atoms with E-state index in [2.05, 4.69) is 31.4 Å². The van der Waals surface area contributed by atoms with Crippen LogP contribution in [-0.2, 0) is 20.5 Å². The van der Waals surface area contributed by atoms with Crippen LogP contribution >= 0.6 is 34.8 Å². The maximum Gasteiger partial charge on any atom is 0.325 e. The van der Waals surface area contributed by atoms with Gasteiger partial charge in [-0.25, -0.2) is 4.79 Å². The smallest absolute Gasteiger partial charge is 0.323 e. The normalized spacial score (nSPS) is 18.9. The van der Waals surface area contributed by atoms with E-state index in [1.54, 1.807) is 6.92 Å². The number of rotatable bonds is 4. The predicted molar refractivity (Wildman–Crippen MR) is 123 cm³/mol. The first-order chi connectivity index (χ1) is 14.3. The molecule has 2 N–H and O–H groups in total. The zero-order valence-corrected chi connectivity index (χ0v) is 19.7. The molecule has 0 saturated carbocycles. The molecule has 1 aliphatic heterocycles. The molecule has 1 saturated heterocycles. The average molecular weight is 483 g/mol. The van der Waals surface area contributed by atoms with E-state index in [9.17, 15) is 14.4 Å². The number of benzene rings is 2. The molecule has 1 unspecified atom stereocenters. The Morgan fingerprint density at radius 2 is 1.61 bits per heavy atom. The quantitative estimate of drug-likeness (QED) is 0.455. The summed E-state index contributed by atoms with van der Waals surface area (Å²) in [6.45, 7) is 7.41. The average Bonchev–Trinajstić information content (AvgIpc) is 2.89. The lowest BCUT2D eigenvalue weighted by atomic mass is 9.84. The van der Waals surface area contributed by atoms with Crippen molar-refractivity contribution in [1.82, 2.24) is 10.2 Å². The second-order valence-electron chi connectivity index (χ2n) is 8.57. The van der Waals surface area contributed by atoms with Crippen LogP contribution in [0, 0.1) is 0 Å². The fourth-order valence-corrected chi connectivity index (χ4v) is 3.89. The lowest BCUT2D eigenvalue weighted by Gasteiger charge is -2.24. The molecule has 0 radical (unpaired) electrons. The third-order valence-corrected chi connectivity index (χ3v) is 6.22. The summed E-state index contributed by atoms with van der Waals surface area (Å²) in [5, 5.41) is 5.88. The minimum atomic E-state index is -1.27. The van der Waals surface area contributed by atoms with Crippen LogP contribution in [0.3, 0.4) is 0 Å². The molecule has 3 rings (SSSR count). The summed E-state index contributed by atoms with van der Waals surface area (Å²) in [7, 11) is 0. The molecule has 9 heteroatoms. The molecule has 31 heavy (non-hydrogen) atoms. The van der Waals surface area contributed by atoms with Crippen LogP contribution in [0.2, 0.25) is 15.1 Å². The summed E-state index contributed by atoms with van der Waals surface area (Å²) in [6, 6.07) is 9.64. The van der Waals surface area contributed by atoms with Crippen molar-refractivity contribution in [3.63, 3.8) is 0 Å². The molecule has 1 aliphatic rings. The largest absolute Gasteiger partial charge is 0.325 e. The fraction of sp³-hybridized carbons (Fsp3) is 0.318. The summed E-state index contributed by atoms with van der Waals surface area (Å²) in [5.41, 5.74) is 0.655. The number of anilines is 1. The number of halogens is 3. The van der Waals surface area contributed by atoms with Gasteiger partial charge in [0.05, 0.1) is 20.8 Å². The van der Waals surface area contributed by atoms with Crippen molar-refractivity contribution in [3.05, 3.63) is 62.6 Å². The van der Waals surface area contributed by atoms with E-state index in [1.165, 1.54) is 12.1 Å². The van der Waals surface area contributed by atoms with E-state index in [4.69, 9.17) is 34.8 Å². The molecule has 2 aromatic carbocycles. The Hall–Kier alpha value is -2.28. The highest BCUT2D eigenvalue weighted by atomic mass is 35.5. The van der Waals surface area contributed by atoms with Crippen molar-refractivity contribution in [1.29, 1.82) is 0 Å². The predicted octanol–water partition coefficient (Wildman–Crippen LogP) is 5.35. The van der Waals surface area contributed by atoms with Crippen LogP contribution in [-0.4, -0.2) is 29.3 Å². The van der Waals surface area contributed by atoms with E-state index in [1.807, 2.05) is 24.3 Å². The molecule has 2 aromatic rings. The number of hydrogen-bond donors (Lipinski definition) is 2. The molecule has 1 atom stereocenters. The standard InChI is InChI=1S/C22H22Cl3N3O3/c1-21(2,3)12-5-7-13(8-6-12)22(4)19(30)28(20(31)27-22)11-18(29)26-17-10-15(24)14(23)9-16(17)25/h5-10H,11H2,1-4H3,(H,26,29)(H,27,31). The van der Waals surface area contributed by atoms with Gasteiger partial charge in [-0.05, 0) is 35.6 Å². The third kappa shape index (κ3) is 4.66. The molecular weight excluding hydrogens is 461 g/mol. The topological polar surface area (TPSA) is 78.5 Å². The first-order valence-electron chi connectivity index (χ1n) is 9.52. The van der Waals surface area contributed by atoms with Gasteiger partial charge in [-0.1, -0.05) is 79.8 Å². The number of amides is 4. The summed E-state index contributed by atoms with van der Waals surface area (Å²) in [6.07, 6.45) is 0. The van der Waals surface area contributed by atoms with Crippen LogP contribution in [0.5, 0.6) is 0 Å². The third-order valence-electron chi connectivity index (χ3n) is 5.19. The molecule has 4 amide bonds. The number of carbonyl (C=O) groups is 3. The maximum atomic E-state index is 13.1. The van der Waals surface area contributed by atoms with Gasteiger partial charge in [0.25, 0.3) is 5.91 Å². The summed E-state index contributed by atoms with van der Waals surface area (Å²) >= 11 is 17.9. The SMILES string of the molecule is CC(C)(C)c1ccc(C2(C)NC(=O)N(CC(=O)Nc3cc(Cl)c(Cl)cc3Cl)C2=O)cc1. The second-order valence-corrected chi connectivity index (χ2v) is 9.79. The number of imide groups is 1. The van der Waals surface area contributed by atoms with Crippen LogP contribution in [0.15, 0.2) is 36.4 Å². The lowest BCUT2D eigenvalue weighted by Crippen LogP contribution is -2.42. The van der Waals surface area contributed by atoms with E-state index < -0.39 is 29.9 Å². The summed E-state index contributed by atoms with van der Waals surface area (Å²) in [5.74, 6) is -1.12. The molecule has 0 aliphatic carbocycles. The van der Waals surface area contributed by atoms with E-state index >= 15 is 0 Å². The number of carbonyl (C=O) groups excluding carboxylic acids is 3. The Morgan fingerprint density at radius 3 is 2.19 bits per heavy atom. The molecule has 164 valence electrons. The zero-order chi connectivity index (χ0) is 23.1. The second kappa shape index (κ2) is 8.34. The van der Waals surface area contributed by atoms with Gasteiger partial charge in [-0.15, -0.1) is 0 Å². The van der Waals surface area contributed by atoms with Crippen molar-refractivity contribution in [2.24, 2.45) is 0 Å². The Bertz CT molecular complexity index is 1060. The number of hydrogen-bond acceptors (Lipinski definition) is 3. The lowest BCUT2D eigenvalue weighted by molar-refractivity contribution is -0.133. The van der Waals surface area contributed by atoms with Crippen LogP contribution in [0.25, 0.3) is 0 Å². The first kappa shape index (κ1) is 23.4. The van der Waals surface area contributed by atoms with Crippen molar-refractivity contribution < 1.29 is 14.4 Å². The van der Waals surface area contributed by atoms with Crippen molar-refractivity contribution in [2.75, 3.05) is 11.9 Å². The maximum absolute atomic E-state index is 13.1. The van der Waals surface area contributed by atoms with Gasteiger partial charge in [0.15, 0.2) is 0 Å². The van der Waals surface area contributed by atoms with Gasteiger partial charge in [-0.2, -0.15) is 0 Å². The van der Waals surface area contributed by atoms with Gasteiger partial charge in [-0.3, -0.25) is 14.5 Å². The van der Waals surface area contributed by atoms with Crippen LogP contribution in [0.1, 0.15) is 38.8 Å². The monoisotopic (exact) mass is 481 g/mol. The van der Waals surface area contributed by atoms with Gasteiger partial charge < -0.3 is 10.6 Å². The van der Waals surface area contributed by atoms with Crippen molar-refractivity contribution >= 4 is 58.3 Å². The summed E-state index contributed by atoms with van der Waals surface area (Å²) in [4.78, 5) is 38.9. The highest BCUT2D eigenvalue weighted by molar-refractivity contribution is 6.44. The minimum absolute atomic E-state index is 0.0433. The number of nitrogens with zero attached hydrogens (tertiary/aromatic N) is 1. The first-order valence-corrected chi connectivity index (χ1v) is 10.7. The molecule has 1 fully saturated rings. The zero-order valence-electron chi connectivity index (χ0n) is 17.5. The molecular formula is C22H22Cl3N3O3. The molecule has 0 bridgehead atoms. The molecule has 0 aromatic heterocycles. The number of nitrogens with one attached hydrogen (secondary N) is 2. The number of urea groups is 1. The fourth-order valence-electron chi connectivity index (χ4n) is 3.29. The van der Waals surface area contributed by atoms with Gasteiger partial charge in [0, 0.05) is 0 Å². The molecule has 0 spiro atoms. The van der Waals surface area contributed by atoms with Crippen molar-refractivity contribution in [3.8, 4) is 0 Å². The highest BCUT2D eigenvalue weighted by Crippen LogP contribution is 2.33. The van der Waals surface area contributed by atoms with E-state index in [0.717, 1.165) is 10.5 Å². The Labute approximate surface area is 195 Å². The Morgan fingerprint density at radius 1 is 1.03 bits per heavy atom. The van der Waals surface area contributed by atoms with Gasteiger partial charge >= 0.3 is 6.03 Å². The summed E-state index contributed by atoms with van der Waals surface area (Å²) < 4.78 is 0. The molecule has 6 nitrogen and oxygen atoms in total.